The molecule has 0 unspecified atom stereocenters. The highest BCUT2D eigenvalue weighted by Crippen LogP contribution is 2.39. The van der Waals surface area contributed by atoms with Gasteiger partial charge in [-0.25, -0.2) is 19.9 Å². The summed E-state index contributed by atoms with van der Waals surface area (Å²) in [7, 11) is 0. The van der Waals surface area contributed by atoms with Gasteiger partial charge < -0.3 is 63.8 Å². The summed E-state index contributed by atoms with van der Waals surface area (Å²) in [6.45, 7) is 11.8. The molecule has 4 amide bonds. The molecule has 4 saturated carbocycles. The number of anilines is 20. The lowest BCUT2D eigenvalue weighted by Gasteiger charge is -2.10. The number of rotatable bonds is 28. The van der Waals surface area contributed by atoms with Crippen LogP contribution >= 0.6 is 0 Å². The number of aromatic nitrogens is 16. The zero-order valence-corrected chi connectivity index (χ0v) is 77.9. The largest absolute Gasteiger partial charge is 0.324 e. The van der Waals surface area contributed by atoms with Gasteiger partial charge in [-0.15, -0.1) is 0 Å². The van der Waals surface area contributed by atoms with Crippen molar-refractivity contribution < 1.29 is 19.2 Å². The minimum Gasteiger partial charge on any atom is -0.324 e. The van der Waals surface area contributed by atoms with E-state index in [1.807, 2.05) is 211 Å². The molecule has 32 nitrogen and oxygen atoms in total. The van der Waals surface area contributed by atoms with Crippen molar-refractivity contribution in [2.24, 2.45) is 0 Å². The van der Waals surface area contributed by atoms with E-state index in [9.17, 15) is 19.2 Å². The highest BCUT2D eigenvalue weighted by molar-refractivity contribution is 6.07. The first kappa shape index (κ1) is 93.0. The number of nitrogens with zero attached hydrogens (tertiary/aromatic N) is 12. The quantitative estimate of drug-likeness (QED) is 0.0216. The molecule has 700 valence electrons. The van der Waals surface area contributed by atoms with E-state index in [2.05, 4.69) is 169 Å². The van der Waals surface area contributed by atoms with Crippen molar-refractivity contribution in [1.29, 1.82) is 0 Å². The molecule has 4 fully saturated rings. The Morgan fingerprint density at radius 2 is 0.507 bits per heavy atom. The van der Waals surface area contributed by atoms with Crippen LogP contribution in [0.2, 0.25) is 0 Å². The number of hydrogen-bond acceptors (Lipinski definition) is 24. The van der Waals surface area contributed by atoms with E-state index in [-0.39, 0.29) is 23.6 Å². The van der Waals surface area contributed by atoms with Crippen LogP contribution < -0.4 is 63.8 Å². The number of aryl methyl sites for hydroxylation is 6. The SMILES string of the molecule is Cc1cccc(C(=O)Nc2ccc(Nc3nc(C)cc(Nc4cc(C5CCCC5)[nH]n4)n3)cc2)c1.Cc1cccc(C(=O)Nc2ccc(Nc3nccc(Nc4cc(C5CCCC5)[nH]n4)n3)cc2)c1.Cc1cccc(NC(=O)c2ccc(Nc3nc(C)cc(Nc4cc(C5CCCC5)[nH]n4)n3)cc2)c1.Cc1cccc(NC(=O)c2ccc(Nc3nccc(Nc4cc(C5CCCC5)[nH]n4)n3)cc2)c1. The first-order valence-corrected chi connectivity index (χ1v) is 47.0. The lowest BCUT2D eigenvalue weighted by atomic mass is 10.0. The Bertz CT molecular complexity index is 6830. The fourth-order valence-corrected chi connectivity index (χ4v) is 17.3. The zero-order valence-electron chi connectivity index (χ0n) is 77.9. The summed E-state index contributed by atoms with van der Waals surface area (Å²) in [5.74, 6) is 9.23. The van der Waals surface area contributed by atoms with Crippen LogP contribution in [0.4, 0.5) is 116 Å². The van der Waals surface area contributed by atoms with Crippen LogP contribution in [0.15, 0.2) is 255 Å². The molecule has 0 aliphatic heterocycles. The van der Waals surface area contributed by atoms with Crippen molar-refractivity contribution in [3.63, 3.8) is 0 Å². The van der Waals surface area contributed by atoms with Gasteiger partial charge in [0.2, 0.25) is 23.8 Å². The summed E-state index contributed by atoms with van der Waals surface area (Å²) >= 11 is 0. The first-order chi connectivity index (χ1) is 67.3. The summed E-state index contributed by atoms with van der Waals surface area (Å²) in [4.78, 5) is 85.8. The van der Waals surface area contributed by atoms with E-state index in [4.69, 9.17) is 0 Å². The minimum absolute atomic E-state index is 0.137. The van der Waals surface area contributed by atoms with Crippen molar-refractivity contribution in [1.82, 2.24) is 80.7 Å². The molecule has 8 heterocycles. The third-order valence-corrected chi connectivity index (χ3v) is 24.3. The maximum atomic E-state index is 12.6. The Labute approximate surface area is 800 Å². The van der Waals surface area contributed by atoms with Crippen LogP contribution in [0.25, 0.3) is 0 Å². The van der Waals surface area contributed by atoms with Crippen molar-refractivity contribution in [2.45, 2.75) is 168 Å². The van der Waals surface area contributed by atoms with Crippen molar-refractivity contribution in [3.05, 3.63) is 334 Å². The fourth-order valence-electron chi connectivity index (χ4n) is 17.3. The number of amides is 4. The lowest BCUT2D eigenvalue weighted by Crippen LogP contribution is -2.11. The van der Waals surface area contributed by atoms with E-state index in [1.165, 1.54) is 126 Å². The molecule has 32 heteroatoms. The molecular formula is C106H112N28O4. The van der Waals surface area contributed by atoms with Crippen LogP contribution in [0.5, 0.6) is 0 Å². The molecule has 0 radical (unpaired) electrons. The van der Waals surface area contributed by atoms with Gasteiger partial charge in [-0.3, -0.25) is 39.6 Å². The van der Waals surface area contributed by atoms with Gasteiger partial charge in [0.15, 0.2) is 23.3 Å². The number of aromatic amines is 4. The molecule has 16 N–H and O–H groups in total. The molecule has 138 heavy (non-hydrogen) atoms. The Kier molecular flexibility index (Phi) is 30.2. The molecular weight excluding hydrogens is 1730 g/mol. The number of benzene rings is 8. The fraction of sp³-hybridized carbons (Fsp3) is 0.245. The second-order valence-corrected chi connectivity index (χ2v) is 35.3. The Hall–Kier alpha value is -16.8. The van der Waals surface area contributed by atoms with Crippen molar-refractivity contribution in [2.75, 3.05) is 63.8 Å². The molecule has 0 spiro atoms. The minimum atomic E-state index is -0.157. The lowest BCUT2D eigenvalue weighted by molar-refractivity contribution is 0.101. The number of carbonyl (C=O) groups excluding carboxylic acids is 4. The molecule has 8 aromatic carbocycles. The average molecular weight is 1840 g/mol. The highest BCUT2D eigenvalue weighted by Gasteiger charge is 2.25. The van der Waals surface area contributed by atoms with Crippen molar-refractivity contribution in [3.8, 4) is 0 Å². The molecule has 16 aromatic rings. The molecule has 0 bridgehead atoms. The van der Waals surface area contributed by atoms with E-state index in [0.717, 1.165) is 91.0 Å². The smallest absolute Gasteiger partial charge is 0.255 e. The summed E-state index contributed by atoms with van der Waals surface area (Å²) in [5.41, 5.74) is 19.3. The molecule has 0 saturated heterocycles. The third-order valence-electron chi connectivity index (χ3n) is 24.3. The van der Waals surface area contributed by atoms with Crippen LogP contribution in [-0.4, -0.2) is 104 Å². The van der Waals surface area contributed by atoms with Gasteiger partial charge in [0.25, 0.3) is 23.6 Å². The van der Waals surface area contributed by atoms with E-state index in [1.54, 1.807) is 60.9 Å². The maximum absolute atomic E-state index is 12.6. The summed E-state index contributed by atoms with van der Waals surface area (Å²) in [6, 6.07) is 75.4. The summed E-state index contributed by atoms with van der Waals surface area (Å²) in [5, 5.41) is 67.8. The van der Waals surface area contributed by atoms with Gasteiger partial charge in [-0.2, -0.15) is 40.3 Å². The van der Waals surface area contributed by atoms with Crippen LogP contribution in [0, 0.1) is 41.5 Å². The van der Waals surface area contributed by atoms with Crippen LogP contribution in [0.3, 0.4) is 0 Å². The maximum Gasteiger partial charge on any atom is 0.255 e. The average Bonchev–Trinajstić information content (AvgIpc) is 1.75. The van der Waals surface area contributed by atoms with Crippen LogP contribution in [0.1, 0.15) is 224 Å². The Morgan fingerprint density at radius 3 is 0.826 bits per heavy atom. The number of nitrogens with one attached hydrogen (secondary N) is 16. The van der Waals surface area contributed by atoms with Gasteiger partial charge in [0, 0.05) is 174 Å². The molecule has 4 aliphatic carbocycles. The normalized spacial score (nSPS) is 13.6. The zero-order chi connectivity index (χ0) is 95.1. The second kappa shape index (κ2) is 44.8. The molecule has 20 rings (SSSR count). The highest BCUT2D eigenvalue weighted by atomic mass is 16.2. The monoisotopic (exact) mass is 1840 g/mol. The second-order valence-electron chi connectivity index (χ2n) is 35.3. The van der Waals surface area contributed by atoms with Crippen LogP contribution in [-0.2, 0) is 0 Å². The predicted octanol–water partition coefficient (Wildman–Crippen LogP) is 24.2. The summed E-state index contributed by atoms with van der Waals surface area (Å²) in [6.07, 6.45) is 23.4. The van der Waals surface area contributed by atoms with Gasteiger partial charge >= 0.3 is 0 Å². The van der Waals surface area contributed by atoms with Crippen molar-refractivity contribution >= 4 is 139 Å². The summed E-state index contributed by atoms with van der Waals surface area (Å²) < 4.78 is 0. The standard InChI is InChI=1S/2C27H29N7O.2C26H27N7O/c1-17-6-5-9-22(14-17)29-26(35)20-10-12-21(13-11-20)30-27-28-18(2)15-24(32-27)31-25-16-23(33-34-25)19-7-3-4-8-19;1-17-6-5-9-20(14-17)26(35)29-21-10-12-22(13-11-21)30-27-28-18(2)15-24(32-27)31-25-16-23(33-34-25)19-7-3-4-8-19;1-17-5-4-8-21(15-17)28-25(34)19-9-11-20(12-10-19)29-26-27-14-13-23(31-26)30-24-16-22(32-33-24)18-6-2-3-7-18;1-17-5-4-8-19(15-17)25(34)28-20-9-11-21(12-10-20)29-26-27-14-13-23(31-26)30-24-16-22(32-33-24)18-6-2-3-7-18/h2*5-6,9-16,19H,3-4,7-8H2,1-2H3,(H,29,35)(H3,28,30,31,32,33,34);2*4-5,8-16,18H,2-3,6-7H2,1H3,(H,28,34)(H3,27,29,30,31,32,33). The van der Waals surface area contributed by atoms with E-state index < -0.39 is 0 Å². The van der Waals surface area contributed by atoms with Gasteiger partial charge in [-0.1, -0.05) is 111 Å². The van der Waals surface area contributed by atoms with Gasteiger partial charge in [0.05, 0.1) is 0 Å². The topological polar surface area (TPSA) is 430 Å². The van der Waals surface area contributed by atoms with E-state index in [0.29, 0.717) is 104 Å². The third kappa shape index (κ3) is 26.4. The van der Waals surface area contributed by atoms with E-state index >= 15 is 0 Å². The first-order valence-electron chi connectivity index (χ1n) is 47.0. The number of hydrogen-bond donors (Lipinski definition) is 16. The molecule has 8 aromatic heterocycles. The predicted molar refractivity (Wildman–Crippen MR) is 545 cm³/mol. The van der Waals surface area contributed by atoms with Gasteiger partial charge in [0.1, 0.15) is 23.3 Å². The number of H-pyrrole nitrogens is 4. The van der Waals surface area contributed by atoms with Gasteiger partial charge in [-0.05, 0) is 262 Å². The molecule has 0 atom stereocenters. The Balaban J connectivity index is 0.000000127. The molecule has 4 aliphatic rings. The Morgan fingerprint density at radius 1 is 0.239 bits per heavy atom. The number of carbonyl (C=O) groups is 4.